The number of hydrogen-bond donors (Lipinski definition) is 2. The average molecular weight is 339 g/mol. The monoisotopic (exact) mass is 339 g/mol. The van der Waals surface area contributed by atoms with Crippen molar-refractivity contribution in [2.45, 2.75) is 75.4 Å². The normalized spacial score (nSPS) is 32.0. The van der Waals surface area contributed by atoms with Crippen molar-refractivity contribution in [1.29, 1.82) is 0 Å². The quantitative estimate of drug-likeness (QED) is 0.801. The molecule has 0 bridgehead atoms. The predicted octanol–water partition coefficient (Wildman–Crippen LogP) is 1.00. The van der Waals surface area contributed by atoms with Crippen molar-refractivity contribution in [3.8, 4) is 0 Å². The summed E-state index contributed by atoms with van der Waals surface area (Å²) >= 11 is 1.66. The first kappa shape index (κ1) is 16.6. The second-order valence-electron chi connectivity index (χ2n) is 6.99. The van der Waals surface area contributed by atoms with Gasteiger partial charge in [-0.15, -0.1) is 11.8 Å². The van der Waals surface area contributed by atoms with Gasteiger partial charge in [-0.2, -0.15) is 0 Å². The van der Waals surface area contributed by atoms with Gasteiger partial charge in [-0.3, -0.25) is 14.4 Å². The summed E-state index contributed by atoms with van der Waals surface area (Å²) in [5.41, 5.74) is 0. The molecular formula is C16H25N3O3S. The van der Waals surface area contributed by atoms with Gasteiger partial charge in [0.2, 0.25) is 17.7 Å². The minimum atomic E-state index is -0.572. The second-order valence-corrected chi connectivity index (χ2v) is 8.49. The molecule has 128 valence electrons. The van der Waals surface area contributed by atoms with E-state index in [2.05, 4.69) is 10.6 Å². The molecule has 0 aromatic rings. The first-order valence-corrected chi connectivity index (χ1v) is 9.46. The Bertz CT molecular complexity index is 521. The molecule has 1 aliphatic carbocycles. The first-order valence-electron chi connectivity index (χ1n) is 8.47. The molecule has 3 amide bonds. The number of carbonyl (C=O) groups is 3. The molecule has 2 N–H and O–H groups in total. The van der Waals surface area contributed by atoms with Gasteiger partial charge < -0.3 is 15.5 Å². The zero-order valence-corrected chi connectivity index (χ0v) is 14.6. The number of fused-ring (bicyclic) bond motifs is 1. The minimum absolute atomic E-state index is 0.0423. The highest BCUT2D eigenvalue weighted by atomic mass is 32.2. The van der Waals surface area contributed by atoms with Crippen LogP contribution in [-0.4, -0.2) is 51.4 Å². The molecule has 1 saturated carbocycles. The Labute approximate surface area is 141 Å². The smallest absolute Gasteiger partial charge is 0.244 e. The molecule has 0 aromatic heterocycles. The zero-order chi connectivity index (χ0) is 16.6. The molecule has 3 rings (SSSR count). The van der Waals surface area contributed by atoms with Crippen molar-refractivity contribution in [3.05, 3.63) is 0 Å². The molecule has 3 atom stereocenters. The van der Waals surface area contributed by atoms with Gasteiger partial charge in [0.15, 0.2) is 0 Å². The number of carbonyl (C=O) groups excluding carboxylic acids is 3. The van der Waals surface area contributed by atoms with Crippen LogP contribution in [0.1, 0.15) is 52.4 Å². The van der Waals surface area contributed by atoms with E-state index in [-0.39, 0.29) is 28.6 Å². The Morgan fingerprint density at radius 1 is 1.35 bits per heavy atom. The van der Waals surface area contributed by atoms with Crippen molar-refractivity contribution < 1.29 is 14.4 Å². The van der Waals surface area contributed by atoms with Crippen LogP contribution in [-0.2, 0) is 14.4 Å². The van der Waals surface area contributed by atoms with Gasteiger partial charge in [0.05, 0.1) is 4.87 Å². The Morgan fingerprint density at radius 2 is 2.04 bits per heavy atom. The van der Waals surface area contributed by atoms with Crippen LogP contribution in [0.15, 0.2) is 0 Å². The third kappa shape index (κ3) is 3.20. The summed E-state index contributed by atoms with van der Waals surface area (Å²) in [5.74, 6) is 0.295. The average Bonchev–Trinajstić information content (AvgIpc) is 3.18. The summed E-state index contributed by atoms with van der Waals surface area (Å²) < 4.78 is 0. The van der Waals surface area contributed by atoms with E-state index in [1.165, 1.54) is 0 Å². The summed E-state index contributed by atoms with van der Waals surface area (Å²) in [4.78, 5) is 38.3. The fourth-order valence-electron chi connectivity index (χ4n) is 3.79. The van der Waals surface area contributed by atoms with Crippen LogP contribution in [0.5, 0.6) is 0 Å². The van der Waals surface area contributed by atoms with Crippen molar-refractivity contribution >= 4 is 29.5 Å². The lowest BCUT2D eigenvalue weighted by Crippen LogP contribution is -2.55. The number of nitrogens with one attached hydrogen (secondary N) is 2. The van der Waals surface area contributed by atoms with Crippen molar-refractivity contribution in [3.63, 3.8) is 0 Å². The molecule has 6 nitrogen and oxygen atoms in total. The molecule has 0 unspecified atom stereocenters. The van der Waals surface area contributed by atoms with Gasteiger partial charge in [0, 0.05) is 18.2 Å². The van der Waals surface area contributed by atoms with Crippen LogP contribution in [0.2, 0.25) is 0 Å². The summed E-state index contributed by atoms with van der Waals surface area (Å²) in [5, 5.41) is 5.79. The van der Waals surface area contributed by atoms with Crippen LogP contribution in [0.3, 0.4) is 0 Å². The van der Waals surface area contributed by atoms with Crippen LogP contribution in [0.25, 0.3) is 0 Å². The van der Waals surface area contributed by atoms with Gasteiger partial charge in [-0.05, 0) is 33.1 Å². The molecule has 2 aliphatic heterocycles. The third-order valence-corrected chi connectivity index (χ3v) is 6.71. The fraction of sp³-hybridized carbons (Fsp3) is 0.812. The molecule has 0 aromatic carbocycles. The lowest BCUT2D eigenvalue weighted by molar-refractivity contribution is -0.139. The van der Waals surface area contributed by atoms with Gasteiger partial charge in [-0.25, -0.2) is 0 Å². The number of rotatable bonds is 4. The van der Waals surface area contributed by atoms with Crippen molar-refractivity contribution in [2.75, 3.05) is 5.75 Å². The molecule has 2 saturated heterocycles. The van der Waals surface area contributed by atoms with Crippen LogP contribution in [0.4, 0.5) is 0 Å². The first-order chi connectivity index (χ1) is 10.9. The standard InChI is InChI=1S/C16H25N3O3S/c1-10(14(21)18-11-5-3-4-6-11)17-15(22)12-9-23-16(2)8-7-13(20)19(12)16/h10-12H,3-9H2,1-2H3,(H,17,22)(H,18,21)/t10-,12-,16+/m0/s1. The number of thioether (sulfide) groups is 1. The largest absolute Gasteiger partial charge is 0.352 e. The van der Waals surface area contributed by atoms with Crippen LogP contribution >= 0.6 is 11.8 Å². The van der Waals surface area contributed by atoms with E-state index in [0.29, 0.717) is 12.2 Å². The molecule has 2 heterocycles. The van der Waals surface area contributed by atoms with E-state index >= 15 is 0 Å². The highest BCUT2D eigenvalue weighted by Gasteiger charge is 2.53. The third-order valence-electron chi connectivity index (χ3n) is 5.20. The Morgan fingerprint density at radius 3 is 2.74 bits per heavy atom. The lowest BCUT2D eigenvalue weighted by atomic mass is 10.2. The predicted molar refractivity (Wildman–Crippen MR) is 88.7 cm³/mol. The summed E-state index contributed by atoms with van der Waals surface area (Å²) in [7, 11) is 0. The van der Waals surface area contributed by atoms with E-state index < -0.39 is 12.1 Å². The van der Waals surface area contributed by atoms with Gasteiger partial charge >= 0.3 is 0 Å². The zero-order valence-electron chi connectivity index (χ0n) is 13.8. The number of amides is 3. The molecule has 3 fully saturated rings. The summed E-state index contributed by atoms with van der Waals surface area (Å²) in [6.45, 7) is 3.72. The highest BCUT2D eigenvalue weighted by molar-refractivity contribution is 8.01. The topological polar surface area (TPSA) is 78.5 Å². The molecule has 3 aliphatic rings. The van der Waals surface area contributed by atoms with E-state index in [1.807, 2.05) is 6.92 Å². The number of hydrogen-bond acceptors (Lipinski definition) is 4. The maximum Gasteiger partial charge on any atom is 0.244 e. The molecule has 0 radical (unpaired) electrons. The Balaban J connectivity index is 1.56. The molecule has 0 spiro atoms. The van der Waals surface area contributed by atoms with Crippen LogP contribution < -0.4 is 10.6 Å². The Hall–Kier alpha value is -1.24. The molecule has 7 heteroatoms. The lowest BCUT2D eigenvalue weighted by Gasteiger charge is -2.30. The van der Waals surface area contributed by atoms with E-state index in [1.54, 1.807) is 23.6 Å². The molecular weight excluding hydrogens is 314 g/mol. The summed E-state index contributed by atoms with van der Waals surface area (Å²) in [6, 6.07) is -0.785. The minimum Gasteiger partial charge on any atom is -0.352 e. The van der Waals surface area contributed by atoms with Crippen molar-refractivity contribution in [2.24, 2.45) is 0 Å². The summed E-state index contributed by atoms with van der Waals surface area (Å²) in [6.07, 6.45) is 5.64. The van der Waals surface area contributed by atoms with Gasteiger partial charge in [-0.1, -0.05) is 12.8 Å². The maximum absolute atomic E-state index is 12.5. The van der Waals surface area contributed by atoms with Crippen LogP contribution in [0, 0.1) is 0 Å². The SMILES string of the molecule is C[C@H](NC(=O)[C@@H]1CS[C@]2(C)CCC(=O)N12)C(=O)NC1CCCC1. The second kappa shape index (κ2) is 6.34. The highest BCUT2D eigenvalue weighted by Crippen LogP contribution is 2.47. The Kier molecular flexibility index (Phi) is 4.58. The maximum atomic E-state index is 12.5. The fourth-order valence-corrected chi connectivity index (χ4v) is 5.22. The van der Waals surface area contributed by atoms with E-state index in [9.17, 15) is 14.4 Å². The number of nitrogens with zero attached hydrogens (tertiary/aromatic N) is 1. The molecule has 23 heavy (non-hydrogen) atoms. The van der Waals surface area contributed by atoms with E-state index in [4.69, 9.17) is 0 Å². The van der Waals surface area contributed by atoms with Gasteiger partial charge in [0.1, 0.15) is 12.1 Å². The van der Waals surface area contributed by atoms with E-state index in [0.717, 1.165) is 32.1 Å². The van der Waals surface area contributed by atoms with Crippen molar-refractivity contribution in [1.82, 2.24) is 15.5 Å². The van der Waals surface area contributed by atoms with Gasteiger partial charge in [0.25, 0.3) is 0 Å².